The molecule has 1 N–H and O–H groups in total. The van der Waals surface area contributed by atoms with E-state index in [9.17, 15) is 4.79 Å². The van der Waals surface area contributed by atoms with Crippen LogP contribution in [0.4, 0.5) is 0 Å². The minimum absolute atomic E-state index is 0.233. The average molecular weight is 226 g/mol. The van der Waals surface area contributed by atoms with Crippen LogP contribution in [0.25, 0.3) is 0 Å². The molecule has 0 unspecified atom stereocenters. The molecule has 0 saturated heterocycles. The van der Waals surface area contributed by atoms with Crippen LogP contribution in [0, 0.1) is 5.92 Å². The van der Waals surface area contributed by atoms with Crippen molar-refractivity contribution in [2.45, 2.75) is 59.0 Å². The largest absolute Gasteiger partial charge is 0.338 e. The fourth-order valence-corrected chi connectivity index (χ4v) is 1.98. The summed E-state index contributed by atoms with van der Waals surface area (Å²) >= 11 is 0. The molecule has 1 saturated carbocycles. The second kappa shape index (κ2) is 5.17. The summed E-state index contributed by atoms with van der Waals surface area (Å²) in [5, 5.41) is 3.26. The summed E-state index contributed by atoms with van der Waals surface area (Å²) in [5.41, 5.74) is -0.437. The number of rotatable bonds is 6. The molecule has 0 atom stereocenters. The smallest absolute Gasteiger partial charge is 0.242 e. The van der Waals surface area contributed by atoms with E-state index in [1.807, 2.05) is 25.7 Å². The predicted octanol–water partition coefficient (Wildman–Crippen LogP) is 2.02. The van der Waals surface area contributed by atoms with Crippen molar-refractivity contribution in [2.75, 3.05) is 13.1 Å². The van der Waals surface area contributed by atoms with Crippen LogP contribution < -0.4 is 5.32 Å². The van der Waals surface area contributed by atoms with Gasteiger partial charge in [0.25, 0.3) is 0 Å². The minimum Gasteiger partial charge on any atom is -0.338 e. The summed E-state index contributed by atoms with van der Waals surface area (Å²) in [6.07, 6.45) is 2.58. The average Bonchev–Trinajstić information content (AvgIpc) is 2.96. The Morgan fingerprint density at radius 1 is 1.44 bits per heavy atom. The van der Waals surface area contributed by atoms with Crippen LogP contribution in [0.3, 0.4) is 0 Å². The van der Waals surface area contributed by atoms with Gasteiger partial charge >= 0.3 is 0 Å². The van der Waals surface area contributed by atoms with Gasteiger partial charge in [-0.2, -0.15) is 0 Å². The van der Waals surface area contributed by atoms with Gasteiger partial charge in [-0.3, -0.25) is 4.79 Å². The third-order valence-corrected chi connectivity index (χ3v) is 3.19. The first kappa shape index (κ1) is 13.5. The van der Waals surface area contributed by atoms with E-state index >= 15 is 0 Å². The molecule has 1 aliphatic carbocycles. The standard InChI is InChI=1S/C13H26N2O/c1-6-14-13(4,5)12(16)15(10(2)3)9-11-7-8-11/h10-11,14H,6-9H2,1-5H3. The second-order valence-electron chi connectivity index (χ2n) is 5.65. The number of nitrogens with zero attached hydrogens (tertiary/aromatic N) is 1. The number of carbonyl (C=O) groups excluding carboxylic acids is 1. The normalized spacial score (nSPS) is 16.6. The van der Waals surface area contributed by atoms with Crippen molar-refractivity contribution in [3.05, 3.63) is 0 Å². The molecule has 3 heteroatoms. The maximum absolute atomic E-state index is 12.4. The first-order valence-corrected chi connectivity index (χ1v) is 6.44. The molecule has 94 valence electrons. The van der Waals surface area contributed by atoms with Crippen LogP contribution in [0.1, 0.15) is 47.5 Å². The Labute approximate surface area is 99.6 Å². The summed E-state index contributed by atoms with van der Waals surface area (Å²) in [4.78, 5) is 14.5. The number of amides is 1. The zero-order valence-electron chi connectivity index (χ0n) is 11.3. The van der Waals surface area contributed by atoms with E-state index in [-0.39, 0.29) is 5.91 Å². The van der Waals surface area contributed by atoms with E-state index < -0.39 is 5.54 Å². The lowest BCUT2D eigenvalue weighted by atomic mass is 10.0. The highest BCUT2D eigenvalue weighted by atomic mass is 16.2. The Morgan fingerprint density at radius 2 is 2.00 bits per heavy atom. The lowest BCUT2D eigenvalue weighted by Crippen LogP contribution is -2.56. The summed E-state index contributed by atoms with van der Waals surface area (Å²) in [6, 6.07) is 0.297. The first-order valence-electron chi connectivity index (χ1n) is 6.44. The molecule has 3 nitrogen and oxygen atoms in total. The molecule has 1 amide bonds. The Bertz CT molecular complexity index is 244. The molecule has 1 fully saturated rings. The second-order valence-corrected chi connectivity index (χ2v) is 5.65. The number of hydrogen-bond donors (Lipinski definition) is 1. The topological polar surface area (TPSA) is 32.3 Å². The van der Waals surface area contributed by atoms with Crippen LogP contribution in [0.5, 0.6) is 0 Å². The Morgan fingerprint density at radius 3 is 2.38 bits per heavy atom. The van der Waals surface area contributed by atoms with Gasteiger partial charge in [-0.05, 0) is 53.0 Å². The highest BCUT2D eigenvalue weighted by molar-refractivity contribution is 5.85. The zero-order chi connectivity index (χ0) is 12.3. The van der Waals surface area contributed by atoms with Crippen molar-refractivity contribution in [1.82, 2.24) is 10.2 Å². The van der Waals surface area contributed by atoms with Crippen molar-refractivity contribution >= 4 is 5.91 Å². The van der Waals surface area contributed by atoms with Crippen LogP contribution in [-0.4, -0.2) is 35.5 Å². The van der Waals surface area contributed by atoms with Gasteiger partial charge in [0.2, 0.25) is 5.91 Å². The highest BCUT2D eigenvalue weighted by Gasteiger charge is 2.35. The molecule has 0 radical (unpaired) electrons. The van der Waals surface area contributed by atoms with Gasteiger partial charge in [-0.15, -0.1) is 0 Å². The zero-order valence-corrected chi connectivity index (χ0v) is 11.3. The first-order chi connectivity index (χ1) is 7.38. The third kappa shape index (κ3) is 3.48. The number of carbonyl (C=O) groups is 1. The molecule has 0 bridgehead atoms. The Kier molecular flexibility index (Phi) is 4.36. The SMILES string of the molecule is CCNC(C)(C)C(=O)N(CC1CC1)C(C)C. The van der Waals surface area contributed by atoms with E-state index in [2.05, 4.69) is 19.2 Å². The van der Waals surface area contributed by atoms with Crippen LogP contribution in [0.2, 0.25) is 0 Å². The molecule has 0 spiro atoms. The monoisotopic (exact) mass is 226 g/mol. The molecular formula is C13H26N2O. The summed E-state index contributed by atoms with van der Waals surface area (Å²) in [5.74, 6) is 0.986. The van der Waals surface area contributed by atoms with Crippen molar-refractivity contribution in [2.24, 2.45) is 5.92 Å². The van der Waals surface area contributed by atoms with E-state index in [1.165, 1.54) is 12.8 Å². The fraction of sp³-hybridized carbons (Fsp3) is 0.923. The van der Waals surface area contributed by atoms with Gasteiger partial charge in [0.05, 0.1) is 5.54 Å². The molecule has 0 aromatic rings. The lowest BCUT2D eigenvalue weighted by Gasteiger charge is -2.35. The summed E-state index contributed by atoms with van der Waals surface area (Å²) < 4.78 is 0. The van der Waals surface area contributed by atoms with Crippen molar-refractivity contribution in [3.8, 4) is 0 Å². The van der Waals surface area contributed by atoms with Crippen molar-refractivity contribution in [3.63, 3.8) is 0 Å². The number of hydrogen-bond acceptors (Lipinski definition) is 2. The van der Waals surface area contributed by atoms with E-state index in [0.29, 0.717) is 6.04 Å². The predicted molar refractivity (Wildman–Crippen MR) is 67.3 cm³/mol. The molecule has 1 aliphatic rings. The molecule has 0 aliphatic heterocycles. The van der Waals surface area contributed by atoms with Gasteiger partial charge < -0.3 is 10.2 Å². The quantitative estimate of drug-likeness (QED) is 0.751. The van der Waals surface area contributed by atoms with E-state index in [1.54, 1.807) is 0 Å². The van der Waals surface area contributed by atoms with Crippen LogP contribution >= 0.6 is 0 Å². The van der Waals surface area contributed by atoms with E-state index in [4.69, 9.17) is 0 Å². The molecule has 16 heavy (non-hydrogen) atoms. The van der Waals surface area contributed by atoms with Crippen LogP contribution in [0.15, 0.2) is 0 Å². The molecule has 1 rings (SSSR count). The lowest BCUT2D eigenvalue weighted by molar-refractivity contribution is -0.139. The highest BCUT2D eigenvalue weighted by Crippen LogP contribution is 2.31. The maximum Gasteiger partial charge on any atom is 0.242 e. The van der Waals surface area contributed by atoms with Crippen LogP contribution in [-0.2, 0) is 4.79 Å². The van der Waals surface area contributed by atoms with E-state index in [0.717, 1.165) is 19.0 Å². The molecule has 0 aromatic heterocycles. The molecule has 0 aromatic carbocycles. The van der Waals surface area contributed by atoms with Gasteiger partial charge in [-0.1, -0.05) is 6.92 Å². The van der Waals surface area contributed by atoms with Gasteiger partial charge in [0.1, 0.15) is 0 Å². The summed E-state index contributed by atoms with van der Waals surface area (Å²) in [6.45, 7) is 11.9. The number of nitrogens with one attached hydrogen (secondary N) is 1. The Balaban J connectivity index is 2.64. The fourth-order valence-electron chi connectivity index (χ4n) is 1.98. The number of likely N-dealkylation sites (N-methyl/N-ethyl adjacent to an activating group) is 1. The van der Waals surface area contributed by atoms with Crippen molar-refractivity contribution < 1.29 is 4.79 Å². The Hall–Kier alpha value is -0.570. The van der Waals surface area contributed by atoms with Crippen molar-refractivity contribution in [1.29, 1.82) is 0 Å². The molecule has 0 heterocycles. The van der Waals surface area contributed by atoms with Gasteiger partial charge in [-0.25, -0.2) is 0 Å². The third-order valence-electron chi connectivity index (χ3n) is 3.19. The summed E-state index contributed by atoms with van der Waals surface area (Å²) in [7, 11) is 0. The molecular weight excluding hydrogens is 200 g/mol. The van der Waals surface area contributed by atoms with Gasteiger partial charge in [0.15, 0.2) is 0 Å². The minimum atomic E-state index is -0.437. The van der Waals surface area contributed by atoms with Gasteiger partial charge in [0, 0.05) is 12.6 Å². The maximum atomic E-state index is 12.4.